The topological polar surface area (TPSA) is 0 Å². The molecule has 0 amide bonds. The standard InChI is InChI=1S/C14H20/c1-4-5-7-13-8-6-9-14(11-13)10-12(2)3/h4-6,8-9,11-12H,7,10H2,1-3H3. The maximum Gasteiger partial charge on any atom is -0.00975 e. The van der Waals surface area contributed by atoms with Crippen LogP contribution in [0.4, 0.5) is 0 Å². The highest BCUT2D eigenvalue weighted by Crippen LogP contribution is 2.11. The fourth-order valence-electron chi connectivity index (χ4n) is 1.61. The fourth-order valence-corrected chi connectivity index (χ4v) is 1.61. The Hall–Kier alpha value is -1.04. The van der Waals surface area contributed by atoms with Crippen LogP contribution in [0.1, 0.15) is 31.9 Å². The molecular weight excluding hydrogens is 168 g/mol. The van der Waals surface area contributed by atoms with Crippen molar-refractivity contribution in [2.24, 2.45) is 5.92 Å². The Kier molecular flexibility index (Phi) is 4.45. The normalized spacial score (nSPS) is 11.4. The Labute approximate surface area is 87.7 Å². The molecule has 0 fully saturated rings. The van der Waals surface area contributed by atoms with Crippen LogP contribution >= 0.6 is 0 Å². The molecule has 0 saturated heterocycles. The van der Waals surface area contributed by atoms with Gasteiger partial charge in [-0.2, -0.15) is 0 Å². The van der Waals surface area contributed by atoms with E-state index in [1.807, 2.05) is 0 Å². The molecule has 0 heteroatoms. The maximum atomic E-state index is 2.32. The molecule has 14 heavy (non-hydrogen) atoms. The van der Waals surface area contributed by atoms with E-state index in [1.54, 1.807) is 0 Å². The minimum atomic E-state index is 0.743. The van der Waals surface area contributed by atoms with E-state index in [4.69, 9.17) is 0 Å². The van der Waals surface area contributed by atoms with Crippen LogP contribution in [0.15, 0.2) is 36.4 Å². The number of hydrogen-bond donors (Lipinski definition) is 0. The quantitative estimate of drug-likeness (QED) is 0.626. The second-order valence-electron chi connectivity index (χ2n) is 4.19. The minimum Gasteiger partial charge on any atom is -0.0913 e. The number of rotatable bonds is 4. The van der Waals surface area contributed by atoms with Gasteiger partial charge in [0.1, 0.15) is 0 Å². The third-order valence-corrected chi connectivity index (χ3v) is 2.22. The highest BCUT2D eigenvalue weighted by atomic mass is 14.0. The fraction of sp³-hybridized carbons (Fsp3) is 0.429. The molecule has 0 aromatic heterocycles. The van der Waals surface area contributed by atoms with E-state index >= 15 is 0 Å². The Morgan fingerprint density at radius 3 is 2.57 bits per heavy atom. The molecule has 0 unspecified atom stereocenters. The molecule has 1 rings (SSSR count). The average molecular weight is 188 g/mol. The van der Waals surface area contributed by atoms with E-state index < -0.39 is 0 Å². The average Bonchev–Trinajstić information content (AvgIpc) is 2.14. The molecule has 1 aromatic carbocycles. The lowest BCUT2D eigenvalue weighted by Gasteiger charge is -2.06. The third kappa shape index (κ3) is 3.78. The predicted molar refractivity (Wildman–Crippen MR) is 63.5 cm³/mol. The molecule has 0 heterocycles. The molecule has 0 radical (unpaired) electrons. The third-order valence-electron chi connectivity index (χ3n) is 2.22. The van der Waals surface area contributed by atoms with Gasteiger partial charge < -0.3 is 0 Å². The molecular formula is C14H20. The van der Waals surface area contributed by atoms with E-state index in [9.17, 15) is 0 Å². The lowest BCUT2D eigenvalue weighted by Crippen LogP contribution is -1.94. The smallest absolute Gasteiger partial charge is 0.00975 e. The van der Waals surface area contributed by atoms with Crippen LogP contribution in [0.2, 0.25) is 0 Å². The van der Waals surface area contributed by atoms with Crippen molar-refractivity contribution in [3.8, 4) is 0 Å². The van der Waals surface area contributed by atoms with Crippen molar-refractivity contribution < 1.29 is 0 Å². The zero-order chi connectivity index (χ0) is 10.4. The van der Waals surface area contributed by atoms with Crippen molar-refractivity contribution in [3.05, 3.63) is 47.5 Å². The van der Waals surface area contributed by atoms with Gasteiger partial charge in [-0.3, -0.25) is 0 Å². The first-order valence-corrected chi connectivity index (χ1v) is 5.41. The van der Waals surface area contributed by atoms with Crippen LogP contribution in [0.3, 0.4) is 0 Å². The largest absolute Gasteiger partial charge is 0.0913 e. The summed E-state index contributed by atoms with van der Waals surface area (Å²) in [7, 11) is 0. The van der Waals surface area contributed by atoms with Crippen LogP contribution in [0, 0.1) is 5.92 Å². The summed E-state index contributed by atoms with van der Waals surface area (Å²) in [6, 6.07) is 8.90. The van der Waals surface area contributed by atoms with Gasteiger partial charge in [-0.1, -0.05) is 50.3 Å². The Morgan fingerprint density at radius 2 is 1.93 bits per heavy atom. The van der Waals surface area contributed by atoms with Crippen molar-refractivity contribution >= 4 is 0 Å². The zero-order valence-corrected chi connectivity index (χ0v) is 9.46. The van der Waals surface area contributed by atoms with Gasteiger partial charge in [0.2, 0.25) is 0 Å². The Bertz CT molecular complexity index is 295. The molecule has 0 spiro atoms. The Morgan fingerprint density at radius 1 is 1.21 bits per heavy atom. The van der Waals surface area contributed by atoms with Crippen molar-refractivity contribution in [1.82, 2.24) is 0 Å². The summed E-state index contributed by atoms with van der Waals surface area (Å²) in [5.74, 6) is 0.743. The summed E-state index contributed by atoms with van der Waals surface area (Å²) >= 11 is 0. The number of hydrogen-bond acceptors (Lipinski definition) is 0. The number of allylic oxidation sites excluding steroid dienone is 2. The van der Waals surface area contributed by atoms with Gasteiger partial charge in [-0.25, -0.2) is 0 Å². The molecule has 0 bridgehead atoms. The zero-order valence-electron chi connectivity index (χ0n) is 9.46. The molecule has 0 aliphatic heterocycles. The van der Waals surface area contributed by atoms with Gasteiger partial charge >= 0.3 is 0 Å². The van der Waals surface area contributed by atoms with Crippen molar-refractivity contribution in [2.45, 2.75) is 33.6 Å². The van der Waals surface area contributed by atoms with E-state index in [0.29, 0.717) is 0 Å². The SMILES string of the molecule is CC=CCc1cccc(CC(C)C)c1. The van der Waals surface area contributed by atoms with E-state index in [2.05, 4.69) is 57.2 Å². The first-order chi connectivity index (χ1) is 6.72. The second kappa shape index (κ2) is 5.64. The predicted octanol–water partition coefficient (Wildman–Crippen LogP) is 4.00. The highest BCUT2D eigenvalue weighted by Gasteiger charge is 1.98. The molecule has 76 valence electrons. The highest BCUT2D eigenvalue weighted by molar-refractivity contribution is 5.25. The second-order valence-corrected chi connectivity index (χ2v) is 4.19. The molecule has 0 nitrogen and oxygen atoms in total. The monoisotopic (exact) mass is 188 g/mol. The molecule has 0 saturated carbocycles. The first kappa shape index (κ1) is 11.0. The lowest BCUT2D eigenvalue weighted by atomic mass is 10.00. The summed E-state index contributed by atoms with van der Waals surface area (Å²) in [5.41, 5.74) is 2.88. The van der Waals surface area contributed by atoms with Gasteiger partial charge in [-0.05, 0) is 36.8 Å². The van der Waals surface area contributed by atoms with Gasteiger partial charge in [0.05, 0.1) is 0 Å². The summed E-state index contributed by atoms with van der Waals surface area (Å²) in [5, 5.41) is 0. The van der Waals surface area contributed by atoms with E-state index in [1.165, 1.54) is 17.5 Å². The molecule has 1 aromatic rings. The van der Waals surface area contributed by atoms with Crippen LogP contribution < -0.4 is 0 Å². The Balaban J connectivity index is 2.68. The summed E-state index contributed by atoms with van der Waals surface area (Å²) < 4.78 is 0. The van der Waals surface area contributed by atoms with Gasteiger partial charge in [0, 0.05) is 0 Å². The lowest BCUT2D eigenvalue weighted by molar-refractivity contribution is 0.647. The van der Waals surface area contributed by atoms with Gasteiger partial charge in [0.25, 0.3) is 0 Å². The molecule has 0 atom stereocenters. The van der Waals surface area contributed by atoms with Crippen molar-refractivity contribution in [1.29, 1.82) is 0 Å². The van der Waals surface area contributed by atoms with E-state index in [-0.39, 0.29) is 0 Å². The summed E-state index contributed by atoms with van der Waals surface area (Å²) in [6.07, 6.45) is 6.55. The van der Waals surface area contributed by atoms with E-state index in [0.717, 1.165) is 12.3 Å². The van der Waals surface area contributed by atoms with Crippen molar-refractivity contribution in [2.75, 3.05) is 0 Å². The van der Waals surface area contributed by atoms with Crippen molar-refractivity contribution in [3.63, 3.8) is 0 Å². The minimum absolute atomic E-state index is 0.743. The van der Waals surface area contributed by atoms with Crippen LogP contribution in [0.25, 0.3) is 0 Å². The summed E-state index contributed by atoms with van der Waals surface area (Å²) in [4.78, 5) is 0. The maximum absolute atomic E-state index is 2.32. The van der Waals surface area contributed by atoms with Gasteiger partial charge in [0.15, 0.2) is 0 Å². The number of benzene rings is 1. The first-order valence-electron chi connectivity index (χ1n) is 5.41. The molecule has 0 aliphatic carbocycles. The molecule has 0 aliphatic rings. The van der Waals surface area contributed by atoms with Gasteiger partial charge in [-0.15, -0.1) is 0 Å². The van der Waals surface area contributed by atoms with Crippen LogP contribution in [0.5, 0.6) is 0 Å². The van der Waals surface area contributed by atoms with Crippen LogP contribution in [-0.4, -0.2) is 0 Å². The summed E-state index contributed by atoms with van der Waals surface area (Å²) in [6.45, 7) is 6.59. The molecule has 0 N–H and O–H groups in total. The van der Waals surface area contributed by atoms with Crippen LogP contribution in [-0.2, 0) is 12.8 Å².